The maximum atomic E-state index is 4.45. The van der Waals surface area contributed by atoms with Crippen molar-refractivity contribution in [3.63, 3.8) is 0 Å². The van der Waals surface area contributed by atoms with E-state index >= 15 is 0 Å². The van der Waals surface area contributed by atoms with Gasteiger partial charge in [-0.2, -0.15) is 0 Å². The van der Waals surface area contributed by atoms with Crippen LogP contribution in [-0.4, -0.2) is 92.7 Å². The van der Waals surface area contributed by atoms with Crippen LogP contribution in [0.15, 0.2) is 35.3 Å². The van der Waals surface area contributed by atoms with Gasteiger partial charge in [-0.15, -0.1) is 0 Å². The minimum Gasteiger partial charge on any atom is -0.356 e. The van der Waals surface area contributed by atoms with Crippen molar-refractivity contribution in [1.29, 1.82) is 0 Å². The lowest BCUT2D eigenvalue weighted by atomic mass is 10.0. The molecule has 2 N–H and O–H groups in total. The summed E-state index contributed by atoms with van der Waals surface area (Å²) >= 11 is 0. The molecule has 2 heterocycles. The first kappa shape index (κ1) is 23.0. The fraction of sp³-hybridized carbons (Fsp3) is 0.708. The topological polar surface area (TPSA) is 46.1 Å². The molecule has 0 spiro atoms. The van der Waals surface area contributed by atoms with Crippen LogP contribution in [0.3, 0.4) is 0 Å². The first-order valence-corrected chi connectivity index (χ1v) is 11.8. The molecule has 3 rings (SSSR count). The normalized spacial score (nSPS) is 23.1. The summed E-state index contributed by atoms with van der Waals surface area (Å²) in [4.78, 5) is 12.1. The van der Waals surface area contributed by atoms with E-state index in [-0.39, 0.29) is 0 Å². The molecule has 0 saturated carbocycles. The highest BCUT2D eigenvalue weighted by Crippen LogP contribution is 2.24. The van der Waals surface area contributed by atoms with Crippen LogP contribution in [0.25, 0.3) is 0 Å². The molecule has 0 aromatic heterocycles. The highest BCUT2D eigenvalue weighted by atomic mass is 15.3. The Morgan fingerprint density at radius 2 is 1.83 bits per heavy atom. The molecule has 6 nitrogen and oxygen atoms in total. The van der Waals surface area contributed by atoms with Gasteiger partial charge in [-0.1, -0.05) is 30.3 Å². The van der Waals surface area contributed by atoms with E-state index in [0.717, 1.165) is 45.1 Å². The van der Waals surface area contributed by atoms with Gasteiger partial charge < -0.3 is 20.4 Å². The van der Waals surface area contributed by atoms with Crippen LogP contribution in [0.2, 0.25) is 0 Å². The van der Waals surface area contributed by atoms with Crippen LogP contribution >= 0.6 is 0 Å². The highest BCUT2D eigenvalue weighted by molar-refractivity contribution is 5.79. The van der Waals surface area contributed by atoms with Crippen LogP contribution in [0.1, 0.15) is 44.7 Å². The van der Waals surface area contributed by atoms with E-state index in [0.29, 0.717) is 18.1 Å². The van der Waals surface area contributed by atoms with Gasteiger partial charge in [-0.05, 0) is 45.7 Å². The zero-order chi connectivity index (χ0) is 21.3. The third kappa shape index (κ3) is 6.69. The van der Waals surface area contributed by atoms with Gasteiger partial charge in [0, 0.05) is 71.0 Å². The molecule has 1 aromatic rings. The molecule has 1 unspecified atom stereocenters. The number of guanidine groups is 1. The summed E-state index contributed by atoms with van der Waals surface area (Å²) in [7, 11) is 4.11. The van der Waals surface area contributed by atoms with Crippen LogP contribution in [-0.2, 0) is 0 Å². The lowest BCUT2D eigenvalue weighted by Crippen LogP contribution is -2.50. The van der Waals surface area contributed by atoms with Gasteiger partial charge in [0.25, 0.3) is 0 Å². The Labute approximate surface area is 183 Å². The minimum atomic E-state index is 0.494. The number of likely N-dealkylation sites (tertiary alicyclic amines) is 1. The Morgan fingerprint density at radius 1 is 1.10 bits per heavy atom. The summed E-state index contributed by atoms with van der Waals surface area (Å²) in [5.74, 6) is 0.955. The van der Waals surface area contributed by atoms with Crippen molar-refractivity contribution in [3.05, 3.63) is 35.9 Å². The Bertz CT molecular complexity index is 638. The van der Waals surface area contributed by atoms with Crippen molar-refractivity contribution in [1.82, 2.24) is 25.3 Å². The average Bonchev–Trinajstić information content (AvgIpc) is 2.77. The van der Waals surface area contributed by atoms with E-state index in [1.54, 1.807) is 0 Å². The molecule has 2 fully saturated rings. The number of hydrogen-bond donors (Lipinski definition) is 2. The number of piperazine rings is 1. The van der Waals surface area contributed by atoms with E-state index in [2.05, 4.69) is 81.6 Å². The Hall–Kier alpha value is -1.63. The predicted molar refractivity (Wildman–Crippen MR) is 127 cm³/mol. The molecule has 2 aliphatic heterocycles. The van der Waals surface area contributed by atoms with Gasteiger partial charge in [0.05, 0.1) is 0 Å². The second-order valence-corrected chi connectivity index (χ2v) is 9.13. The molecule has 1 atom stereocenters. The van der Waals surface area contributed by atoms with Crippen molar-refractivity contribution in [2.24, 2.45) is 4.99 Å². The summed E-state index contributed by atoms with van der Waals surface area (Å²) in [5, 5.41) is 7.18. The molecule has 2 saturated heterocycles. The van der Waals surface area contributed by atoms with Crippen LogP contribution in [0.4, 0.5) is 0 Å². The molecular weight excluding hydrogens is 372 g/mol. The molecule has 1 aromatic carbocycles. The van der Waals surface area contributed by atoms with Crippen LogP contribution in [0, 0.1) is 0 Å². The van der Waals surface area contributed by atoms with Gasteiger partial charge in [-0.3, -0.25) is 9.89 Å². The summed E-state index contributed by atoms with van der Waals surface area (Å²) in [6.07, 6.45) is 3.51. The molecule has 0 bridgehead atoms. The fourth-order valence-electron chi connectivity index (χ4n) is 4.65. The zero-order valence-corrected chi connectivity index (χ0v) is 19.5. The van der Waals surface area contributed by atoms with Gasteiger partial charge in [0.15, 0.2) is 5.96 Å². The van der Waals surface area contributed by atoms with Gasteiger partial charge in [0.1, 0.15) is 0 Å². The van der Waals surface area contributed by atoms with Crippen molar-refractivity contribution < 1.29 is 0 Å². The third-order valence-corrected chi connectivity index (χ3v) is 6.62. The number of rotatable bonds is 7. The first-order chi connectivity index (χ1) is 14.6. The maximum Gasteiger partial charge on any atom is 0.191 e. The standard InChI is InChI=1S/C24H42N6/c1-20(2)29-15-11-22(12-16-29)27-24(25-3)26-13-8-14-30-18-17-28(4)19-23(30)21-9-6-5-7-10-21/h5-7,9-10,20,22-23H,8,11-19H2,1-4H3,(H2,25,26,27). The monoisotopic (exact) mass is 414 g/mol. The third-order valence-electron chi connectivity index (χ3n) is 6.62. The van der Waals surface area contributed by atoms with Crippen LogP contribution < -0.4 is 10.6 Å². The summed E-state index contributed by atoms with van der Waals surface area (Å²) in [6, 6.07) is 12.6. The molecule has 0 radical (unpaired) electrons. The molecule has 168 valence electrons. The predicted octanol–water partition coefficient (Wildman–Crippen LogP) is 2.40. The van der Waals surface area contributed by atoms with Gasteiger partial charge >= 0.3 is 0 Å². The SMILES string of the molecule is CN=C(NCCCN1CCN(C)CC1c1ccccc1)NC1CCN(C(C)C)CC1. The molecule has 6 heteroatoms. The van der Waals surface area contributed by atoms with Crippen molar-refractivity contribution in [2.45, 2.75) is 51.2 Å². The lowest BCUT2D eigenvalue weighted by molar-refractivity contribution is 0.0891. The minimum absolute atomic E-state index is 0.494. The number of benzene rings is 1. The number of hydrogen-bond acceptors (Lipinski definition) is 4. The van der Waals surface area contributed by atoms with E-state index in [1.165, 1.54) is 31.5 Å². The zero-order valence-electron chi connectivity index (χ0n) is 19.5. The lowest BCUT2D eigenvalue weighted by Gasteiger charge is -2.40. The number of nitrogens with one attached hydrogen (secondary N) is 2. The van der Waals surface area contributed by atoms with Crippen molar-refractivity contribution >= 4 is 5.96 Å². The van der Waals surface area contributed by atoms with Crippen molar-refractivity contribution in [3.8, 4) is 0 Å². The quantitative estimate of drug-likeness (QED) is 0.408. The highest BCUT2D eigenvalue weighted by Gasteiger charge is 2.26. The Morgan fingerprint density at radius 3 is 2.50 bits per heavy atom. The van der Waals surface area contributed by atoms with E-state index in [9.17, 15) is 0 Å². The molecular formula is C24H42N6. The number of likely N-dealkylation sites (N-methyl/N-ethyl adjacent to an activating group) is 1. The molecule has 0 amide bonds. The van der Waals surface area contributed by atoms with E-state index in [1.807, 2.05) is 7.05 Å². The fourth-order valence-corrected chi connectivity index (χ4v) is 4.65. The summed E-state index contributed by atoms with van der Waals surface area (Å²) < 4.78 is 0. The number of aliphatic imine (C=N–C) groups is 1. The smallest absolute Gasteiger partial charge is 0.191 e. The van der Waals surface area contributed by atoms with Gasteiger partial charge in [0.2, 0.25) is 0 Å². The van der Waals surface area contributed by atoms with Gasteiger partial charge in [-0.25, -0.2) is 0 Å². The Balaban J connectivity index is 1.40. The summed E-state index contributed by atoms with van der Waals surface area (Å²) in [5.41, 5.74) is 1.43. The molecule has 0 aliphatic carbocycles. The largest absolute Gasteiger partial charge is 0.356 e. The number of nitrogens with zero attached hydrogens (tertiary/aromatic N) is 4. The first-order valence-electron chi connectivity index (χ1n) is 11.8. The second-order valence-electron chi connectivity index (χ2n) is 9.13. The van der Waals surface area contributed by atoms with Crippen molar-refractivity contribution in [2.75, 3.05) is 59.9 Å². The summed E-state index contributed by atoms with van der Waals surface area (Å²) in [6.45, 7) is 12.4. The maximum absolute atomic E-state index is 4.45. The van der Waals surface area contributed by atoms with E-state index in [4.69, 9.17) is 0 Å². The van der Waals surface area contributed by atoms with Crippen LogP contribution in [0.5, 0.6) is 0 Å². The second kappa shape index (κ2) is 11.7. The average molecular weight is 415 g/mol. The number of piperidine rings is 1. The van der Waals surface area contributed by atoms with E-state index < -0.39 is 0 Å². The Kier molecular flexibility index (Phi) is 8.97. The molecule has 30 heavy (non-hydrogen) atoms. The molecule has 2 aliphatic rings.